The van der Waals surface area contributed by atoms with E-state index in [1.54, 1.807) is 0 Å². The molecule has 0 spiro atoms. The predicted octanol–water partition coefficient (Wildman–Crippen LogP) is 7.07. The van der Waals surface area contributed by atoms with E-state index in [1.165, 1.54) is 41.5 Å². The van der Waals surface area contributed by atoms with Crippen LogP contribution < -0.4 is 5.32 Å². The van der Waals surface area contributed by atoms with Crippen molar-refractivity contribution in [3.05, 3.63) is 82.2 Å². The van der Waals surface area contributed by atoms with Gasteiger partial charge in [-0.3, -0.25) is 4.98 Å². The summed E-state index contributed by atoms with van der Waals surface area (Å²) in [7, 11) is 0. The number of amides is 2. The second-order valence-electron chi connectivity index (χ2n) is 11.5. The zero-order valence-corrected chi connectivity index (χ0v) is 23.5. The molecule has 3 aliphatic rings. The maximum atomic E-state index is 13.0. The van der Waals surface area contributed by atoms with E-state index in [-0.39, 0.29) is 11.9 Å². The van der Waals surface area contributed by atoms with Crippen LogP contribution in [0, 0.1) is 12.8 Å². The van der Waals surface area contributed by atoms with Crippen LogP contribution in [0.15, 0.2) is 49.1 Å². The Labute approximate surface area is 236 Å². The summed E-state index contributed by atoms with van der Waals surface area (Å²) in [5, 5.41) is 4.06. The quantitative estimate of drug-likeness (QED) is 0.374. The van der Waals surface area contributed by atoms with Crippen LogP contribution in [-0.4, -0.2) is 44.6 Å². The van der Waals surface area contributed by atoms with Gasteiger partial charge in [-0.25, -0.2) is 9.78 Å². The van der Waals surface area contributed by atoms with Crippen molar-refractivity contribution in [1.29, 1.82) is 0 Å². The molecule has 6 nitrogen and oxygen atoms in total. The fourth-order valence-electron chi connectivity index (χ4n) is 6.78. The number of piperidine rings is 1. The lowest BCUT2D eigenvalue weighted by molar-refractivity contribution is 0.160. The molecule has 3 aromatic rings. The minimum atomic E-state index is 0.116. The highest BCUT2D eigenvalue weighted by Crippen LogP contribution is 2.45. The van der Waals surface area contributed by atoms with Crippen molar-refractivity contribution in [2.24, 2.45) is 5.92 Å². The Morgan fingerprint density at radius 1 is 1.08 bits per heavy atom. The molecule has 1 saturated carbocycles. The minimum absolute atomic E-state index is 0.116. The standard InChI is InChI=1S/C32H38ClN5O/c1-22-20-37(21-35-22)15-11-24-18-25-19-26(33)9-10-28(25)30(31-29(24)8-5-14-34-31)23-12-16-38(17-13-23)32(39)36-27-6-3-2-4-7-27/h5,8-10,14,18-21,23,27,30H,2-4,6-7,11-13,15-17H2,1H3,(H,36,39). The number of nitrogens with one attached hydrogen (secondary N) is 1. The number of urea groups is 1. The molecule has 2 amide bonds. The predicted molar refractivity (Wildman–Crippen MR) is 157 cm³/mol. The number of hydrogen-bond acceptors (Lipinski definition) is 3. The summed E-state index contributed by atoms with van der Waals surface area (Å²) < 4.78 is 2.15. The number of halogens is 1. The van der Waals surface area contributed by atoms with E-state index < -0.39 is 0 Å². The highest BCUT2D eigenvalue weighted by atomic mass is 35.5. The molecule has 1 aromatic carbocycles. The second kappa shape index (κ2) is 11.5. The molecule has 2 fully saturated rings. The third-order valence-corrected chi connectivity index (χ3v) is 9.06. The van der Waals surface area contributed by atoms with Gasteiger partial charge in [0.25, 0.3) is 0 Å². The Morgan fingerprint density at radius 2 is 1.90 bits per heavy atom. The summed E-state index contributed by atoms with van der Waals surface area (Å²) in [5.74, 6) is 0.572. The van der Waals surface area contributed by atoms with E-state index in [1.807, 2.05) is 36.5 Å². The molecular formula is C32H38ClN5O. The molecule has 0 bridgehead atoms. The number of carbonyl (C=O) groups excluding carboxylic acids is 1. The summed E-state index contributed by atoms with van der Waals surface area (Å²) in [5.41, 5.74) is 7.15. The molecular weight excluding hydrogens is 506 g/mol. The zero-order chi connectivity index (χ0) is 26.8. The van der Waals surface area contributed by atoms with Gasteiger partial charge in [0, 0.05) is 49.0 Å². The highest BCUT2D eigenvalue weighted by Gasteiger charge is 2.35. The first-order valence-corrected chi connectivity index (χ1v) is 14.9. The number of aromatic nitrogens is 3. The molecule has 1 N–H and O–H groups in total. The average molecular weight is 544 g/mol. The number of nitrogens with zero attached hydrogens (tertiary/aromatic N) is 4. The number of pyridine rings is 1. The summed E-state index contributed by atoms with van der Waals surface area (Å²) >= 11 is 6.52. The SMILES string of the molecule is Cc1cn(CCC2=Cc3cc(Cl)ccc3C(C3CCN(C(=O)NC4CCCCC4)CC3)c3ncccc32)cn1. The summed E-state index contributed by atoms with van der Waals surface area (Å²) in [6.07, 6.45) is 17.0. The molecule has 2 aromatic heterocycles. The van der Waals surface area contributed by atoms with Crippen LogP contribution >= 0.6 is 11.6 Å². The second-order valence-corrected chi connectivity index (χ2v) is 11.9. The molecule has 0 radical (unpaired) electrons. The molecule has 1 unspecified atom stereocenters. The maximum absolute atomic E-state index is 13.0. The van der Waals surface area contributed by atoms with E-state index in [0.29, 0.717) is 12.0 Å². The fourth-order valence-corrected chi connectivity index (χ4v) is 6.96. The van der Waals surface area contributed by atoms with Gasteiger partial charge >= 0.3 is 6.03 Å². The largest absolute Gasteiger partial charge is 0.337 e. The number of fused-ring (bicyclic) bond motifs is 2. The van der Waals surface area contributed by atoms with Crippen molar-refractivity contribution in [3.63, 3.8) is 0 Å². The van der Waals surface area contributed by atoms with E-state index in [9.17, 15) is 4.79 Å². The van der Waals surface area contributed by atoms with Crippen LogP contribution in [0.2, 0.25) is 5.02 Å². The summed E-state index contributed by atoms with van der Waals surface area (Å²) in [6.45, 7) is 4.45. The number of rotatable bonds is 5. The summed E-state index contributed by atoms with van der Waals surface area (Å²) in [4.78, 5) is 24.5. The molecule has 1 atom stereocenters. The number of carbonyl (C=O) groups is 1. The number of allylic oxidation sites excluding steroid dienone is 1. The smallest absolute Gasteiger partial charge is 0.317 e. The lowest BCUT2D eigenvalue weighted by Crippen LogP contribution is -2.48. The Kier molecular flexibility index (Phi) is 7.73. The van der Waals surface area contributed by atoms with Gasteiger partial charge in [0.2, 0.25) is 0 Å². The topological polar surface area (TPSA) is 63.1 Å². The molecule has 1 saturated heterocycles. The van der Waals surface area contributed by atoms with E-state index in [2.05, 4.69) is 45.3 Å². The van der Waals surface area contributed by atoms with Crippen LogP contribution in [-0.2, 0) is 6.54 Å². The molecule has 1 aliphatic heterocycles. The van der Waals surface area contributed by atoms with E-state index in [0.717, 1.165) is 68.1 Å². The number of aryl methyl sites for hydroxylation is 2. The zero-order valence-electron chi connectivity index (χ0n) is 22.8. The van der Waals surface area contributed by atoms with Crippen molar-refractivity contribution in [3.8, 4) is 0 Å². The maximum Gasteiger partial charge on any atom is 0.317 e. The lowest BCUT2D eigenvalue weighted by Gasteiger charge is -2.37. The first-order valence-electron chi connectivity index (χ1n) is 14.5. The van der Waals surface area contributed by atoms with Gasteiger partial charge in [0.1, 0.15) is 0 Å². The monoisotopic (exact) mass is 543 g/mol. The molecule has 7 heteroatoms. The van der Waals surface area contributed by atoms with Gasteiger partial charge in [-0.1, -0.05) is 49.1 Å². The van der Waals surface area contributed by atoms with Gasteiger partial charge in [-0.05, 0) is 85.4 Å². The van der Waals surface area contributed by atoms with Gasteiger partial charge in [-0.15, -0.1) is 0 Å². The Balaban J connectivity index is 1.25. The summed E-state index contributed by atoms with van der Waals surface area (Å²) in [6, 6.07) is 11.0. The molecule has 6 rings (SSSR count). The number of hydrogen-bond donors (Lipinski definition) is 1. The molecule has 3 heterocycles. The highest BCUT2D eigenvalue weighted by molar-refractivity contribution is 6.30. The minimum Gasteiger partial charge on any atom is -0.337 e. The number of imidazole rings is 1. The third-order valence-electron chi connectivity index (χ3n) is 8.83. The van der Waals surface area contributed by atoms with Crippen molar-refractivity contribution in [2.75, 3.05) is 13.1 Å². The van der Waals surface area contributed by atoms with Crippen LogP contribution in [0.1, 0.15) is 85.4 Å². The van der Waals surface area contributed by atoms with Gasteiger partial charge in [0.15, 0.2) is 0 Å². The van der Waals surface area contributed by atoms with Crippen LogP contribution in [0.3, 0.4) is 0 Å². The van der Waals surface area contributed by atoms with Crippen LogP contribution in [0.4, 0.5) is 4.79 Å². The fraction of sp³-hybridized carbons (Fsp3) is 0.469. The number of benzene rings is 1. The van der Waals surface area contributed by atoms with Crippen molar-refractivity contribution < 1.29 is 4.79 Å². The average Bonchev–Trinajstić information content (AvgIpc) is 3.32. The molecule has 2 aliphatic carbocycles. The van der Waals surface area contributed by atoms with E-state index >= 15 is 0 Å². The van der Waals surface area contributed by atoms with Crippen molar-refractivity contribution >= 4 is 29.3 Å². The third kappa shape index (κ3) is 5.76. The van der Waals surface area contributed by atoms with Gasteiger partial charge in [0.05, 0.1) is 17.7 Å². The molecule has 204 valence electrons. The lowest BCUT2D eigenvalue weighted by atomic mass is 9.76. The Bertz CT molecular complexity index is 1350. The van der Waals surface area contributed by atoms with Crippen molar-refractivity contribution in [1.82, 2.24) is 24.8 Å². The Morgan fingerprint density at radius 3 is 2.67 bits per heavy atom. The van der Waals surface area contributed by atoms with E-state index in [4.69, 9.17) is 16.6 Å². The molecule has 39 heavy (non-hydrogen) atoms. The normalized spacial score (nSPS) is 20.1. The first-order chi connectivity index (χ1) is 19.0. The van der Waals surface area contributed by atoms with Crippen molar-refractivity contribution in [2.45, 2.75) is 76.8 Å². The number of likely N-dealkylation sites (tertiary alicyclic amines) is 1. The van der Waals surface area contributed by atoms with Crippen LogP contribution in [0.25, 0.3) is 11.6 Å². The van der Waals surface area contributed by atoms with Gasteiger partial charge in [-0.2, -0.15) is 0 Å². The van der Waals surface area contributed by atoms with Crippen LogP contribution in [0.5, 0.6) is 0 Å². The van der Waals surface area contributed by atoms with Gasteiger partial charge < -0.3 is 14.8 Å². The Hall–Kier alpha value is -3.12. The first kappa shape index (κ1) is 26.1.